The van der Waals surface area contributed by atoms with Crippen molar-refractivity contribution in [2.45, 2.75) is 44.9 Å². The first-order chi connectivity index (χ1) is 5.38. The van der Waals surface area contributed by atoms with E-state index in [-0.39, 0.29) is 18.0 Å². The highest BCUT2D eigenvalue weighted by atomic mass is 19.4. The van der Waals surface area contributed by atoms with Gasteiger partial charge in [0.1, 0.15) is 0 Å². The minimum absolute atomic E-state index is 0.00150. The molecule has 0 bridgehead atoms. The molecule has 72 valence electrons. The summed E-state index contributed by atoms with van der Waals surface area (Å²) in [5.41, 5.74) is 0. The summed E-state index contributed by atoms with van der Waals surface area (Å²) in [7, 11) is 0. The highest BCUT2D eigenvalue weighted by Crippen LogP contribution is 2.32. The Morgan fingerprint density at radius 1 is 1.33 bits per heavy atom. The summed E-state index contributed by atoms with van der Waals surface area (Å²) < 4.78 is 35.9. The van der Waals surface area contributed by atoms with Crippen molar-refractivity contribution < 1.29 is 13.2 Å². The van der Waals surface area contributed by atoms with Crippen LogP contribution < -0.4 is 5.32 Å². The fourth-order valence-corrected chi connectivity index (χ4v) is 1.87. The second-order valence-corrected chi connectivity index (χ2v) is 3.67. The van der Waals surface area contributed by atoms with Gasteiger partial charge in [0, 0.05) is 18.5 Å². The molecule has 1 N–H and O–H groups in total. The summed E-state index contributed by atoms with van der Waals surface area (Å²) in [4.78, 5) is 0. The molecule has 0 radical (unpaired) electrons. The van der Waals surface area contributed by atoms with Gasteiger partial charge < -0.3 is 5.32 Å². The summed E-state index contributed by atoms with van der Waals surface area (Å²) in [6.45, 7) is 3.74. The summed E-state index contributed by atoms with van der Waals surface area (Å²) >= 11 is 0. The maximum absolute atomic E-state index is 12.0. The van der Waals surface area contributed by atoms with Crippen LogP contribution in [0.15, 0.2) is 0 Å². The number of hydrogen-bond donors (Lipinski definition) is 1. The maximum atomic E-state index is 12.0. The number of alkyl halides is 3. The molecule has 0 amide bonds. The molecule has 0 saturated carbocycles. The van der Waals surface area contributed by atoms with Crippen molar-refractivity contribution in [3.63, 3.8) is 0 Å². The van der Waals surface area contributed by atoms with E-state index in [9.17, 15) is 13.2 Å². The van der Waals surface area contributed by atoms with E-state index < -0.39 is 12.6 Å². The molecule has 0 aliphatic carbocycles. The van der Waals surface area contributed by atoms with Crippen molar-refractivity contribution in [2.24, 2.45) is 5.92 Å². The Hall–Kier alpha value is -0.250. The van der Waals surface area contributed by atoms with Crippen LogP contribution in [-0.4, -0.2) is 18.3 Å². The maximum Gasteiger partial charge on any atom is 0.389 e. The van der Waals surface area contributed by atoms with Gasteiger partial charge in [-0.05, 0) is 26.2 Å². The predicted octanol–water partition coefficient (Wildman–Crippen LogP) is 2.33. The SMILES string of the molecule is C[C@@H]1C[C@H](CC(F)(F)F)[C@@H](C)N1. The van der Waals surface area contributed by atoms with Crippen molar-refractivity contribution in [2.75, 3.05) is 0 Å². The molecule has 1 aliphatic rings. The van der Waals surface area contributed by atoms with E-state index in [1.54, 1.807) is 0 Å². The van der Waals surface area contributed by atoms with E-state index in [4.69, 9.17) is 0 Å². The second kappa shape index (κ2) is 3.24. The molecular formula is C8H14F3N. The summed E-state index contributed by atoms with van der Waals surface area (Å²) in [6, 6.07) is 0.231. The lowest BCUT2D eigenvalue weighted by Crippen LogP contribution is -2.28. The van der Waals surface area contributed by atoms with E-state index in [1.165, 1.54) is 0 Å². The van der Waals surface area contributed by atoms with Gasteiger partial charge in [0.25, 0.3) is 0 Å². The first-order valence-corrected chi connectivity index (χ1v) is 4.21. The van der Waals surface area contributed by atoms with Gasteiger partial charge in [-0.2, -0.15) is 13.2 Å². The molecule has 1 aliphatic heterocycles. The molecule has 1 heterocycles. The zero-order valence-electron chi connectivity index (χ0n) is 7.28. The summed E-state index contributed by atoms with van der Waals surface area (Å²) in [5.74, 6) is -0.236. The molecule has 0 unspecified atom stereocenters. The fourth-order valence-electron chi connectivity index (χ4n) is 1.87. The Balaban J connectivity index is 2.43. The number of hydrogen-bond acceptors (Lipinski definition) is 1. The van der Waals surface area contributed by atoms with Crippen molar-refractivity contribution in [3.8, 4) is 0 Å². The van der Waals surface area contributed by atoms with Crippen molar-refractivity contribution >= 4 is 0 Å². The molecule has 1 rings (SSSR count). The molecule has 1 saturated heterocycles. The fraction of sp³-hybridized carbons (Fsp3) is 1.00. The van der Waals surface area contributed by atoms with Crippen LogP contribution in [0.2, 0.25) is 0 Å². The minimum Gasteiger partial charge on any atom is -0.311 e. The first kappa shape index (κ1) is 9.84. The lowest BCUT2D eigenvalue weighted by molar-refractivity contribution is -0.144. The second-order valence-electron chi connectivity index (χ2n) is 3.67. The number of halogens is 3. The topological polar surface area (TPSA) is 12.0 Å². The highest BCUT2D eigenvalue weighted by Gasteiger charge is 2.38. The van der Waals surface area contributed by atoms with Crippen LogP contribution in [0.25, 0.3) is 0 Å². The third-order valence-electron chi connectivity index (χ3n) is 2.40. The molecule has 12 heavy (non-hydrogen) atoms. The number of rotatable bonds is 1. The monoisotopic (exact) mass is 181 g/mol. The van der Waals surface area contributed by atoms with Crippen LogP contribution >= 0.6 is 0 Å². The Kier molecular flexibility index (Phi) is 2.66. The van der Waals surface area contributed by atoms with Crippen molar-refractivity contribution in [3.05, 3.63) is 0 Å². The summed E-state index contributed by atoms with van der Waals surface area (Å²) in [6.07, 6.45) is -4.02. The third kappa shape index (κ3) is 2.66. The van der Waals surface area contributed by atoms with Crippen LogP contribution in [0.3, 0.4) is 0 Å². The molecule has 1 nitrogen and oxygen atoms in total. The minimum atomic E-state index is -4.01. The van der Waals surface area contributed by atoms with Crippen LogP contribution in [0.5, 0.6) is 0 Å². The highest BCUT2D eigenvalue weighted by molar-refractivity contribution is 4.86. The smallest absolute Gasteiger partial charge is 0.311 e. The lowest BCUT2D eigenvalue weighted by atomic mass is 9.96. The van der Waals surface area contributed by atoms with E-state index in [1.807, 2.05) is 13.8 Å². The van der Waals surface area contributed by atoms with Gasteiger partial charge >= 0.3 is 6.18 Å². The van der Waals surface area contributed by atoms with E-state index in [2.05, 4.69) is 5.32 Å². The van der Waals surface area contributed by atoms with Gasteiger partial charge in [-0.25, -0.2) is 0 Å². The standard InChI is InChI=1S/C8H14F3N/c1-5-3-7(6(2)12-5)4-8(9,10)11/h5-7,12H,3-4H2,1-2H3/t5-,6-,7-/m1/s1. The molecule has 1 fully saturated rings. The van der Waals surface area contributed by atoms with Gasteiger partial charge in [0.05, 0.1) is 0 Å². The van der Waals surface area contributed by atoms with E-state index >= 15 is 0 Å². The average molecular weight is 181 g/mol. The Labute approximate surface area is 70.3 Å². The quantitative estimate of drug-likeness (QED) is 0.654. The predicted molar refractivity (Wildman–Crippen MR) is 40.8 cm³/mol. The van der Waals surface area contributed by atoms with Crippen LogP contribution in [0, 0.1) is 5.92 Å². The third-order valence-corrected chi connectivity index (χ3v) is 2.40. The van der Waals surface area contributed by atoms with Gasteiger partial charge in [-0.3, -0.25) is 0 Å². The molecule has 3 atom stereocenters. The van der Waals surface area contributed by atoms with E-state index in [0.717, 1.165) is 0 Å². The first-order valence-electron chi connectivity index (χ1n) is 4.21. The Bertz CT molecular complexity index is 155. The number of nitrogens with one attached hydrogen (secondary N) is 1. The molecule has 0 aromatic heterocycles. The van der Waals surface area contributed by atoms with Crippen molar-refractivity contribution in [1.82, 2.24) is 5.32 Å². The molecule has 0 aromatic carbocycles. The van der Waals surface area contributed by atoms with Crippen LogP contribution in [0.1, 0.15) is 26.7 Å². The molecule has 4 heteroatoms. The van der Waals surface area contributed by atoms with Crippen LogP contribution in [-0.2, 0) is 0 Å². The van der Waals surface area contributed by atoms with Gasteiger partial charge in [-0.15, -0.1) is 0 Å². The Morgan fingerprint density at radius 3 is 2.25 bits per heavy atom. The zero-order valence-corrected chi connectivity index (χ0v) is 7.28. The van der Waals surface area contributed by atoms with Crippen LogP contribution in [0.4, 0.5) is 13.2 Å². The lowest BCUT2D eigenvalue weighted by Gasteiger charge is -2.16. The molecule has 0 spiro atoms. The van der Waals surface area contributed by atoms with Gasteiger partial charge in [0.2, 0.25) is 0 Å². The zero-order chi connectivity index (χ0) is 9.35. The normalized spacial score (nSPS) is 37.2. The molecular weight excluding hydrogens is 167 g/mol. The largest absolute Gasteiger partial charge is 0.389 e. The Morgan fingerprint density at radius 2 is 1.92 bits per heavy atom. The van der Waals surface area contributed by atoms with Gasteiger partial charge in [0.15, 0.2) is 0 Å². The molecule has 0 aromatic rings. The average Bonchev–Trinajstić information content (AvgIpc) is 2.06. The van der Waals surface area contributed by atoms with Gasteiger partial charge in [-0.1, -0.05) is 0 Å². The van der Waals surface area contributed by atoms with Crippen molar-refractivity contribution in [1.29, 1.82) is 0 Å². The van der Waals surface area contributed by atoms with E-state index in [0.29, 0.717) is 6.42 Å². The summed E-state index contributed by atoms with van der Waals surface area (Å²) in [5, 5.41) is 3.09.